The number of amides is 1. The number of methoxy groups -OCH3 is 1. The molecule has 5 aromatic rings. The summed E-state index contributed by atoms with van der Waals surface area (Å²) in [6, 6.07) is 0.922. The summed E-state index contributed by atoms with van der Waals surface area (Å²) < 4.78 is 110. The minimum atomic E-state index is -6.21. The molecule has 5 aromatic heterocycles. The van der Waals surface area contributed by atoms with E-state index in [1.165, 1.54) is 34.0 Å². The summed E-state index contributed by atoms with van der Waals surface area (Å²) in [6.07, 6.45) is -13.6. The van der Waals surface area contributed by atoms with Gasteiger partial charge in [0.25, 0.3) is 17.1 Å². The van der Waals surface area contributed by atoms with E-state index < -0.39 is 147 Å². The second-order valence-electron chi connectivity index (χ2n) is 17.2. The third-order valence-corrected chi connectivity index (χ3v) is 17.2. The maximum Gasteiger partial charge on any atom is 0.490 e. The van der Waals surface area contributed by atoms with Gasteiger partial charge in [0, 0.05) is 38.8 Å². The highest BCUT2D eigenvalue weighted by Crippen LogP contribution is 2.68. The smallest absolute Gasteiger partial charge is 0.387 e. The van der Waals surface area contributed by atoms with Crippen LogP contribution < -0.4 is 38.2 Å². The largest absolute Gasteiger partial charge is 0.490 e. The van der Waals surface area contributed by atoms with Gasteiger partial charge in [-0.25, -0.2) is 42.6 Å². The summed E-state index contributed by atoms with van der Waals surface area (Å²) in [5, 5.41) is 35.3. The van der Waals surface area contributed by atoms with E-state index >= 15 is 0 Å². The van der Waals surface area contributed by atoms with Crippen LogP contribution in [0, 0.1) is 5.92 Å². The maximum absolute atomic E-state index is 13.6. The number of aromatic nitrogens is 10. The SMILES string of the molecule is CO[C@@H]1[C@H](OP(=O)(O)OC[C@H]2O[C@@H](n3ccc(=O)[nH]c3=O)[C@H](O)[C@@H]2O)C(COP(=O)(O)OP(=O)(O)OP(=O)(O)OC[C@H]2O[C@@H]([n+]3cn(C)c4c(=O)[nH]c(N)nc43)[C@H](O)[C@@H]2CCNC(C)=O)O[C@H]1n1cnc2c(N)ncnc21. The number of hydrogen-bond acceptors (Lipinski definition) is 27. The number of aliphatic hydroxyl groups excluding tert-OH is 3. The molecule has 38 nitrogen and oxygen atoms in total. The van der Waals surface area contributed by atoms with Crippen LogP contribution in [0.3, 0.4) is 0 Å². The highest BCUT2D eigenvalue weighted by atomic mass is 31.3. The van der Waals surface area contributed by atoms with Crippen molar-refractivity contribution in [2.75, 3.05) is 44.9 Å². The molecule has 42 heteroatoms. The van der Waals surface area contributed by atoms with Crippen molar-refractivity contribution in [2.24, 2.45) is 13.0 Å². The third-order valence-electron chi connectivity index (χ3n) is 12.0. The lowest BCUT2D eigenvalue weighted by molar-refractivity contribution is -0.745. The maximum atomic E-state index is 13.6. The Balaban J connectivity index is 0.946. The molecular weight excluding hydrogens is 1130 g/mol. The van der Waals surface area contributed by atoms with Gasteiger partial charge in [-0.2, -0.15) is 8.62 Å². The lowest BCUT2D eigenvalue weighted by Crippen LogP contribution is -2.45. The Morgan fingerprint density at radius 2 is 1.47 bits per heavy atom. The topological polar surface area (TPSA) is 536 Å². The van der Waals surface area contributed by atoms with E-state index in [0.29, 0.717) is 0 Å². The number of aliphatic hydroxyl groups is 3. The van der Waals surface area contributed by atoms with Crippen LogP contribution in [0.5, 0.6) is 0 Å². The van der Waals surface area contributed by atoms with Crippen molar-refractivity contribution in [1.29, 1.82) is 0 Å². The Morgan fingerprint density at radius 1 is 0.818 bits per heavy atom. The minimum absolute atomic E-state index is 0.000904. The first-order valence-electron chi connectivity index (χ1n) is 22.2. The molecule has 0 spiro atoms. The first-order chi connectivity index (χ1) is 36.1. The van der Waals surface area contributed by atoms with Crippen LogP contribution in [0.4, 0.5) is 11.8 Å². The van der Waals surface area contributed by atoms with Gasteiger partial charge in [0.15, 0.2) is 30.2 Å². The van der Waals surface area contributed by atoms with Gasteiger partial charge in [-0.1, -0.05) is 4.98 Å². The van der Waals surface area contributed by atoms with E-state index in [-0.39, 0.29) is 47.1 Å². The zero-order chi connectivity index (χ0) is 56.1. The van der Waals surface area contributed by atoms with E-state index in [9.17, 15) is 72.3 Å². The Kier molecular flexibility index (Phi) is 17.0. The number of fused-ring (bicyclic) bond motifs is 2. The van der Waals surface area contributed by atoms with Crippen molar-refractivity contribution in [1.82, 2.24) is 48.9 Å². The second kappa shape index (κ2) is 22.6. The molecule has 3 saturated heterocycles. The number of carbonyl (C=O) groups is 1. The number of phosphoric acid groups is 4. The Hall–Kier alpha value is -5.11. The number of nitrogens with one attached hydrogen (secondary N) is 3. The molecule has 0 aliphatic carbocycles. The molecule has 3 aliphatic heterocycles. The van der Waals surface area contributed by atoms with Gasteiger partial charge in [-0.15, -0.1) is 0 Å². The van der Waals surface area contributed by atoms with Crippen molar-refractivity contribution in [2.45, 2.75) is 80.9 Å². The highest BCUT2D eigenvalue weighted by Gasteiger charge is 2.54. The molecule has 8 rings (SSSR count). The number of aryl methyl sites for hydroxylation is 1. The van der Waals surface area contributed by atoms with Gasteiger partial charge in [-0.05, 0) is 6.42 Å². The number of H-pyrrole nitrogens is 2. The number of hydrogen-bond donors (Lipinski definition) is 12. The van der Waals surface area contributed by atoms with Crippen LogP contribution in [0.1, 0.15) is 32.0 Å². The number of carbonyl (C=O) groups excluding carboxylic acids is 1. The Bertz CT molecular complexity index is 3390. The molecule has 424 valence electrons. The van der Waals surface area contributed by atoms with Crippen LogP contribution in [0.2, 0.25) is 0 Å². The number of imidazole rings is 2. The minimum Gasteiger partial charge on any atom is -0.387 e. The highest BCUT2D eigenvalue weighted by molar-refractivity contribution is 7.66. The molecule has 16 atom stereocenters. The Morgan fingerprint density at radius 3 is 2.13 bits per heavy atom. The van der Waals surface area contributed by atoms with E-state index in [1.807, 2.05) is 4.98 Å². The monoisotopic (exact) mass is 1180 g/mol. The molecule has 3 aliphatic rings. The summed E-state index contributed by atoms with van der Waals surface area (Å²) in [4.78, 5) is 111. The fraction of sp³-hybridized carbons (Fsp3) is 0.571. The molecular formula is C35H50N13O25P4+. The number of aromatic amines is 2. The number of ether oxygens (including phenoxy) is 4. The van der Waals surface area contributed by atoms with Crippen LogP contribution in [-0.4, -0.2) is 167 Å². The lowest BCUT2D eigenvalue weighted by Gasteiger charge is -2.26. The van der Waals surface area contributed by atoms with Gasteiger partial charge >= 0.3 is 42.6 Å². The summed E-state index contributed by atoms with van der Waals surface area (Å²) >= 11 is 0. The number of rotatable bonds is 22. The second-order valence-corrected chi connectivity index (χ2v) is 23.2. The van der Waals surface area contributed by atoms with Gasteiger partial charge < -0.3 is 70.6 Å². The van der Waals surface area contributed by atoms with Gasteiger partial charge in [-0.3, -0.25) is 56.1 Å². The van der Waals surface area contributed by atoms with Crippen LogP contribution >= 0.6 is 31.3 Å². The molecule has 1 amide bonds. The summed E-state index contributed by atoms with van der Waals surface area (Å²) in [7, 11) is -20.9. The van der Waals surface area contributed by atoms with Crippen molar-refractivity contribution in [3.05, 3.63) is 62.4 Å². The number of anilines is 2. The van der Waals surface area contributed by atoms with Crippen molar-refractivity contribution in [3.8, 4) is 0 Å². The van der Waals surface area contributed by atoms with E-state index in [1.54, 1.807) is 0 Å². The third kappa shape index (κ3) is 12.8. The first-order valence-corrected chi connectivity index (χ1v) is 28.2. The zero-order valence-corrected chi connectivity index (χ0v) is 43.4. The Labute approximate surface area is 428 Å². The molecule has 3 fully saturated rings. The molecule has 5 unspecified atom stereocenters. The van der Waals surface area contributed by atoms with E-state index in [2.05, 4.69) is 38.9 Å². The fourth-order valence-corrected chi connectivity index (χ4v) is 13.1. The van der Waals surface area contributed by atoms with Crippen molar-refractivity contribution < 1.29 is 108 Å². The number of nitrogens with two attached hydrogens (primary N) is 2. The van der Waals surface area contributed by atoms with Crippen LogP contribution in [0.15, 0.2) is 45.6 Å². The van der Waals surface area contributed by atoms with Crippen LogP contribution in [0.25, 0.3) is 22.3 Å². The normalized spacial score (nSPS) is 29.8. The molecule has 77 heavy (non-hydrogen) atoms. The van der Waals surface area contributed by atoms with Gasteiger partial charge in [0.2, 0.25) is 17.7 Å². The van der Waals surface area contributed by atoms with E-state index in [0.717, 1.165) is 36.6 Å². The summed E-state index contributed by atoms with van der Waals surface area (Å²) in [6.45, 7) is -2.12. The molecule has 0 bridgehead atoms. The van der Waals surface area contributed by atoms with Gasteiger partial charge in [0.05, 0.1) is 39.3 Å². The predicted molar refractivity (Wildman–Crippen MR) is 249 cm³/mol. The fourth-order valence-electron chi connectivity index (χ4n) is 8.65. The van der Waals surface area contributed by atoms with E-state index in [4.69, 9.17) is 48.5 Å². The van der Waals surface area contributed by atoms with Crippen LogP contribution in [-0.2, 0) is 75.8 Å². The molecule has 0 radical (unpaired) electrons. The van der Waals surface area contributed by atoms with Crippen molar-refractivity contribution in [3.63, 3.8) is 0 Å². The average molecular weight is 1180 g/mol. The molecule has 14 N–H and O–H groups in total. The molecule has 0 saturated carbocycles. The predicted octanol–water partition coefficient (Wildman–Crippen LogP) is -4.09. The summed E-state index contributed by atoms with van der Waals surface area (Å²) in [5.41, 5.74) is 9.22. The number of phosphoric ester groups is 3. The van der Waals surface area contributed by atoms with Gasteiger partial charge in [0.1, 0.15) is 54.6 Å². The molecule has 8 heterocycles. The summed E-state index contributed by atoms with van der Waals surface area (Å²) in [5.74, 6) is -1.86. The zero-order valence-electron chi connectivity index (χ0n) is 39.9. The standard InChI is InChI=1S/C35H49N13O25P4/c1-14(49)38-6-4-15-16(68-31(22(15)51)48-13-45(2)21-29(48)43-34(37)44-30(21)54)8-66-75(58,59)72-77(62,63)73-76(60,61)67-10-18-25(26(64-3)33(70-18)47-12-41-20-27(36)39-11-40-28(20)47)71-74(56,57)65-9-17-23(52)24(53)32(69-17)46-7-5-19(50)42-35(46)55/h5,7,11-13,15-18,22-26,31-33,51-53H,4,6,8-10H2,1-3H3,(H10-,36,37,38,39,40,42,43,44,49,50,54,55,56,57,58,59,60,61,62,63)/p+1/t15-,16-,17-,18?,22-,23-,24-,25-,26-,31-,32-,33-/m1/s1. The van der Waals surface area contributed by atoms with Crippen molar-refractivity contribution >= 4 is 71.3 Å². The number of nitrogens with zero attached hydrogens (tertiary/aromatic N) is 8. The molecule has 0 aromatic carbocycles. The quantitative estimate of drug-likeness (QED) is 0.0231. The lowest BCUT2D eigenvalue weighted by atomic mass is 9.94. The first kappa shape index (κ1) is 58.0. The average Bonchev–Trinajstić information content (AvgIpc) is 4.15. The number of nitrogen functional groups attached to an aromatic ring is 2.